The molecule has 0 aliphatic carbocycles. The van der Waals surface area contributed by atoms with Gasteiger partial charge in [-0.05, 0) is 18.2 Å². The Kier molecular flexibility index (Phi) is 3.58. The Labute approximate surface area is 112 Å². The Hall–Kier alpha value is -3.00. The van der Waals surface area contributed by atoms with Gasteiger partial charge in [-0.1, -0.05) is 24.3 Å². The molecule has 0 fully saturated rings. The predicted octanol–water partition coefficient (Wildman–Crippen LogP) is 3.03. The van der Waals surface area contributed by atoms with Gasteiger partial charge in [-0.15, -0.1) is 0 Å². The SMILES string of the molecule is O=[N+]([O-])c1cccc(N(O)c2ccccc2)c1[N+](=O)[O-]. The molecule has 0 amide bonds. The Morgan fingerprint density at radius 2 is 1.55 bits per heavy atom. The fourth-order valence-electron chi connectivity index (χ4n) is 1.73. The number of nitrogens with zero attached hydrogens (tertiary/aromatic N) is 3. The van der Waals surface area contributed by atoms with Crippen LogP contribution >= 0.6 is 0 Å². The second-order valence-corrected chi connectivity index (χ2v) is 3.81. The number of rotatable bonds is 4. The third-order valence-electron chi connectivity index (χ3n) is 2.60. The molecule has 20 heavy (non-hydrogen) atoms. The van der Waals surface area contributed by atoms with Crippen molar-refractivity contribution >= 4 is 22.7 Å². The largest absolute Gasteiger partial charge is 0.371 e. The zero-order chi connectivity index (χ0) is 14.7. The number of benzene rings is 2. The van der Waals surface area contributed by atoms with Crippen molar-refractivity contribution in [1.82, 2.24) is 0 Å². The van der Waals surface area contributed by atoms with E-state index in [1.807, 2.05) is 0 Å². The van der Waals surface area contributed by atoms with Crippen LogP contribution in [-0.4, -0.2) is 15.1 Å². The van der Waals surface area contributed by atoms with Gasteiger partial charge in [-0.2, -0.15) is 0 Å². The van der Waals surface area contributed by atoms with Crippen molar-refractivity contribution in [3.63, 3.8) is 0 Å². The molecule has 8 heteroatoms. The molecule has 0 atom stereocenters. The van der Waals surface area contributed by atoms with Gasteiger partial charge in [-0.3, -0.25) is 25.4 Å². The van der Waals surface area contributed by atoms with Crippen LogP contribution in [0.4, 0.5) is 22.7 Å². The number of para-hydroxylation sites is 2. The Bertz CT molecular complexity index is 659. The highest BCUT2D eigenvalue weighted by atomic mass is 16.6. The zero-order valence-electron chi connectivity index (χ0n) is 10.0. The molecule has 0 unspecified atom stereocenters. The molecule has 8 nitrogen and oxygen atoms in total. The van der Waals surface area contributed by atoms with E-state index in [1.54, 1.807) is 18.2 Å². The first-order valence-electron chi connectivity index (χ1n) is 5.48. The summed E-state index contributed by atoms with van der Waals surface area (Å²) in [6.45, 7) is 0. The lowest BCUT2D eigenvalue weighted by Crippen LogP contribution is -2.13. The van der Waals surface area contributed by atoms with Gasteiger partial charge in [0.25, 0.3) is 0 Å². The Morgan fingerprint density at radius 3 is 2.10 bits per heavy atom. The second kappa shape index (κ2) is 5.33. The summed E-state index contributed by atoms with van der Waals surface area (Å²) in [6, 6.07) is 11.5. The molecule has 0 aliphatic heterocycles. The molecule has 0 aliphatic rings. The quantitative estimate of drug-likeness (QED) is 0.678. The Morgan fingerprint density at radius 1 is 0.900 bits per heavy atom. The lowest BCUT2D eigenvalue weighted by Gasteiger charge is -2.16. The molecule has 0 saturated heterocycles. The number of hydrogen-bond donors (Lipinski definition) is 1. The van der Waals surface area contributed by atoms with Crippen LogP contribution in [0.5, 0.6) is 0 Å². The van der Waals surface area contributed by atoms with Gasteiger partial charge in [0.05, 0.1) is 15.5 Å². The zero-order valence-corrected chi connectivity index (χ0v) is 10.0. The molecule has 2 rings (SSSR count). The molecule has 0 radical (unpaired) electrons. The molecule has 1 N–H and O–H groups in total. The molecule has 0 spiro atoms. The standard InChI is InChI=1S/C12H9N3O5/c16-13(9-5-2-1-3-6-9)10-7-4-8-11(14(17)18)12(10)15(19)20/h1-8,16H. The van der Waals surface area contributed by atoms with Gasteiger partial charge in [0, 0.05) is 6.07 Å². The van der Waals surface area contributed by atoms with Crippen molar-refractivity contribution in [2.45, 2.75) is 0 Å². The van der Waals surface area contributed by atoms with E-state index >= 15 is 0 Å². The van der Waals surface area contributed by atoms with Crippen LogP contribution in [0, 0.1) is 20.2 Å². The molecule has 0 saturated carbocycles. The minimum atomic E-state index is -0.889. The number of anilines is 2. The molecular formula is C12H9N3O5. The maximum absolute atomic E-state index is 11.0. The molecule has 0 aromatic heterocycles. The fourth-order valence-corrected chi connectivity index (χ4v) is 1.73. The Balaban J connectivity index is 2.60. The van der Waals surface area contributed by atoms with Crippen molar-refractivity contribution in [3.8, 4) is 0 Å². The predicted molar refractivity (Wildman–Crippen MR) is 70.1 cm³/mol. The van der Waals surface area contributed by atoms with Crippen LogP contribution in [-0.2, 0) is 0 Å². The minimum Gasteiger partial charge on any atom is -0.283 e. The lowest BCUT2D eigenvalue weighted by molar-refractivity contribution is -0.422. The first kappa shape index (κ1) is 13.4. The van der Waals surface area contributed by atoms with Gasteiger partial charge in [0.15, 0.2) is 5.69 Å². The summed E-state index contributed by atoms with van der Waals surface area (Å²) in [7, 11) is 0. The number of nitro benzene ring substituents is 2. The molecule has 102 valence electrons. The number of hydrogen-bond acceptors (Lipinski definition) is 6. The second-order valence-electron chi connectivity index (χ2n) is 3.81. The molecule has 2 aromatic rings. The van der Waals surface area contributed by atoms with Gasteiger partial charge in [0.1, 0.15) is 0 Å². The van der Waals surface area contributed by atoms with Crippen LogP contribution in [0.25, 0.3) is 0 Å². The lowest BCUT2D eigenvalue weighted by atomic mass is 10.2. The van der Waals surface area contributed by atoms with Crippen molar-refractivity contribution in [3.05, 3.63) is 68.8 Å². The van der Waals surface area contributed by atoms with E-state index in [0.29, 0.717) is 5.06 Å². The summed E-state index contributed by atoms with van der Waals surface area (Å²) in [4.78, 5) is 20.1. The topological polar surface area (TPSA) is 110 Å². The summed E-state index contributed by atoms with van der Waals surface area (Å²) >= 11 is 0. The van der Waals surface area contributed by atoms with Gasteiger partial charge in [-0.25, -0.2) is 5.06 Å². The van der Waals surface area contributed by atoms with E-state index < -0.39 is 21.2 Å². The van der Waals surface area contributed by atoms with Crippen LogP contribution in [0.3, 0.4) is 0 Å². The van der Waals surface area contributed by atoms with Crippen LogP contribution < -0.4 is 5.06 Å². The van der Waals surface area contributed by atoms with Crippen molar-refractivity contribution in [2.75, 3.05) is 5.06 Å². The van der Waals surface area contributed by atoms with E-state index in [0.717, 1.165) is 6.07 Å². The van der Waals surface area contributed by atoms with Crippen LogP contribution in [0.15, 0.2) is 48.5 Å². The minimum absolute atomic E-state index is 0.260. The first-order chi connectivity index (χ1) is 9.52. The summed E-state index contributed by atoms with van der Waals surface area (Å²) in [5, 5.41) is 32.5. The van der Waals surface area contributed by atoms with E-state index in [-0.39, 0.29) is 11.4 Å². The summed E-state index contributed by atoms with van der Waals surface area (Å²) in [5.74, 6) is 0. The summed E-state index contributed by atoms with van der Waals surface area (Å²) < 4.78 is 0. The van der Waals surface area contributed by atoms with E-state index in [2.05, 4.69) is 0 Å². The number of nitro groups is 2. The van der Waals surface area contributed by atoms with E-state index in [1.165, 1.54) is 24.3 Å². The normalized spacial score (nSPS) is 10.1. The summed E-state index contributed by atoms with van der Waals surface area (Å²) in [5.41, 5.74) is -1.45. The third kappa shape index (κ3) is 2.40. The molecule has 0 heterocycles. The van der Waals surface area contributed by atoms with Crippen molar-refractivity contribution < 1.29 is 15.1 Å². The third-order valence-corrected chi connectivity index (χ3v) is 2.60. The molecule has 0 bridgehead atoms. The highest BCUT2D eigenvalue weighted by Gasteiger charge is 2.31. The highest BCUT2D eigenvalue weighted by molar-refractivity contribution is 5.76. The highest BCUT2D eigenvalue weighted by Crippen LogP contribution is 2.38. The first-order valence-corrected chi connectivity index (χ1v) is 5.48. The van der Waals surface area contributed by atoms with E-state index in [4.69, 9.17) is 0 Å². The maximum Gasteiger partial charge on any atom is 0.371 e. The average molecular weight is 275 g/mol. The van der Waals surface area contributed by atoms with Crippen molar-refractivity contribution in [1.29, 1.82) is 0 Å². The van der Waals surface area contributed by atoms with Crippen molar-refractivity contribution in [2.24, 2.45) is 0 Å². The van der Waals surface area contributed by atoms with Gasteiger partial charge < -0.3 is 0 Å². The van der Waals surface area contributed by atoms with Gasteiger partial charge in [0.2, 0.25) is 0 Å². The van der Waals surface area contributed by atoms with E-state index in [9.17, 15) is 25.4 Å². The monoisotopic (exact) mass is 275 g/mol. The molecule has 2 aromatic carbocycles. The maximum atomic E-state index is 11.0. The smallest absolute Gasteiger partial charge is 0.283 e. The summed E-state index contributed by atoms with van der Waals surface area (Å²) in [6.07, 6.45) is 0. The fraction of sp³-hybridized carbons (Fsp3) is 0. The van der Waals surface area contributed by atoms with Crippen LogP contribution in [0.1, 0.15) is 0 Å². The van der Waals surface area contributed by atoms with Crippen LogP contribution in [0.2, 0.25) is 0 Å². The average Bonchev–Trinajstić information content (AvgIpc) is 2.46. The molecular weight excluding hydrogens is 266 g/mol. The van der Waals surface area contributed by atoms with Gasteiger partial charge >= 0.3 is 11.4 Å².